The molecule has 1 N–H and O–H groups in total. The van der Waals surface area contributed by atoms with E-state index in [4.69, 9.17) is 0 Å². The van der Waals surface area contributed by atoms with Crippen LogP contribution >= 0.6 is 0 Å². The van der Waals surface area contributed by atoms with Crippen molar-refractivity contribution >= 4 is 28.4 Å². The second-order valence-corrected chi connectivity index (χ2v) is 6.24. The summed E-state index contributed by atoms with van der Waals surface area (Å²) in [6.07, 6.45) is 1.58. The molecule has 1 aromatic heterocycles. The first-order valence-electron chi connectivity index (χ1n) is 8.60. The van der Waals surface area contributed by atoms with Gasteiger partial charge in [0, 0.05) is 32.2 Å². The van der Waals surface area contributed by atoms with Crippen molar-refractivity contribution in [2.45, 2.75) is 0 Å². The van der Waals surface area contributed by atoms with E-state index in [2.05, 4.69) is 10.4 Å². The van der Waals surface area contributed by atoms with Gasteiger partial charge < -0.3 is 9.80 Å². The van der Waals surface area contributed by atoms with E-state index in [9.17, 15) is 14.9 Å². The van der Waals surface area contributed by atoms with Crippen molar-refractivity contribution in [2.24, 2.45) is 0 Å². The number of fused-ring (bicyclic) bond motifs is 1. The summed E-state index contributed by atoms with van der Waals surface area (Å²) in [4.78, 5) is 31.3. The summed E-state index contributed by atoms with van der Waals surface area (Å²) in [7, 11) is 0. The molecule has 138 valence electrons. The lowest BCUT2D eigenvalue weighted by Gasteiger charge is -2.35. The predicted molar refractivity (Wildman–Crippen MR) is 101 cm³/mol. The lowest BCUT2D eigenvalue weighted by Crippen LogP contribution is -2.51. The number of urea groups is 1. The van der Waals surface area contributed by atoms with Gasteiger partial charge in [0.2, 0.25) is 0 Å². The molecule has 0 saturated carbocycles. The minimum atomic E-state index is -0.376. The molecule has 1 aliphatic rings. The van der Waals surface area contributed by atoms with E-state index < -0.39 is 0 Å². The van der Waals surface area contributed by atoms with Crippen LogP contribution in [0.3, 0.4) is 0 Å². The number of hydrogen-bond donors (Lipinski definition) is 1. The maximum atomic E-state index is 12.6. The number of amides is 2. The number of benzene rings is 2. The molecule has 1 saturated heterocycles. The Labute approximate surface area is 154 Å². The number of anilines is 1. The summed E-state index contributed by atoms with van der Waals surface area (Å²) in [6.45, 7) is 2.01. The number of carbonyl (C=O) groups is 1. The molecule has 0 spiro atoms. The molecule has 1 aliphatic heterocycles. The number of carbonyl (C=O) groups excluding carboxylic acids is 1. The van der Waals surface area contributed by atoms with Gasteiger partial charge in [-0.05, 0) is 18.2 Å². The third-order valence-electron chi connectivity index (χ3n) is 4.66. The highest BCUT2D eigenvalue weighted by Gasteiger charge is 2.25. The van der Waals surface area contributed by atoms with E-state index in [-0.39, 0.29) is 16.6 Å². The molecular weight excluding hydrogens is 348 g/mol. The molecule has 0 radical (unpaired) electrons. The number of nitro groups is 1. The monoisotopic (exact) mass is 366 g/mol. The van der Waals surface area contributed by atoms with Gasteiger partial charge in [0.1, 0.15) is 12.0 Å². The van der Waals surface area contributed by atoms with Gasteiger partial charge in [-0.1, -0.05) is 24.3 Å². The van der Waals surface area contributed by atoms with E-state index in [0.29, 0.717) is 31.9 Å². The summed E-state index contributed by atoms with van der Waals surface area (Å²) < 4.78 is 1.60. The fourth-order valence-electron chi connectivity index (χ4n) is 3.26. The maximum Gasteiger partial charge on any atom is 0.336 e. The number of nitro benzene ring substituents is 1. The first-order chi connectivity index (χ1) is 13.1. The molecular formula is C18H18N6O3. The van der Waals surface area contributed by atoms with Gasteiger partial charge in [0.15, 0.2) is 0 Å². The van der Waals surface area contributed by atoms with E-state index in [1.165, 1.54) is 6.07 Å². The molecule has 9 nitrogen and oxygen atoms in total. The zero-order chi connectivity index (χ0) is 18.8. The van der Waals surface area contributed by atoms with Crippen LogP contribution in [-0.4, -0.2) is 51.7 Å². The minimum absolute atomic E-state index is 0.0836. The highest BCUT2D eigenvalue weighted by atomic mass is 16.6. The average Bonchev–Trinajstić information content (AvgIpc) is 3.11. The Kier molecular flexibility index (Phi) is 4.33. The van der Waals surface area contributed by atoms with Gasteiger partial charge in [-0.2, -0.15) is 0 Å². The second kappa shape index (κ2) is 6.94. The second-order valence-electron chi connectivity index (χ2n) is 6.24. The number of nitrogens with zero attached hydrogens (tertiary/aromatic N) is 5. The molecule has 0 bridgehead atoms. The fourth-order valence-corrected chi connectivity index (χ4v) is 3.26. The number of rotatable bonds is 3. The van der Waals surface area contributed by atoms with E-state index in [1.807, 2.05) is 29.2 Å². The number of hydrogen-bond acceptors (Lipinski definition) is 5. The largest absolute Gasteiger partial charge is 0.362 e. The van der Waals surface area contributed by atoms with Crippen LogP contribution < -0.4 is 10.3 Å². The summed E-state index contributed by atoms with van der Waals surface area (Å²) in [6, 6.07) is 14.0. The topological polar surface area (TPSA) is 96.5 Å². The molecule has 1 fully saturated rings. The van der Waals surface area contributed by atoms with Crippen LogP contribution in [0.15, 0.2) is 54.9 Å². The number of aromatic nitrogens is 2. The van der Waals surface area contributed by atoms with Gasteiger partial charge in [-0.25, -0.2) is 19.9 Å². The highest BCUT2D eigenvalue weighted by Crippen LogP contribution is 2.28. The summed E-state index contributed by atoms with van der Waals surface area (Å²) >= 11 is 0. The molecule has 4 rings (SSSR count). The maximum absolute atomic E-state index is 12.6. The van der Waals surface area contributed by atoms with Crippen LogP contribution in [0.1, 0.15) is 0 Å². The number of nitrogens with one attached hydrogen (secondary N) is 1. The van der Waals surface area contributed by atoms with Crippen LogP contribution in [0, 0.1) is 10.1 Å². The minimum Gasteiger partial charge on any atom is -0.362 e. The van der Waals surface area contributed by atoms with E-state index in [0.717, 1.165) is 11.0 Å². The quantitative estimate of drug-likeness (QED) is 0.567. The van der Waals surface area contributed by atoms with Crippen molar-refractivity contribution in [3.63, 3.8) is 0 Å². The van der Waals surface area contributed by atoms with Crippen LogP contribution in [0.4, 0.5) is 16.2 Å². The standard InChI is InChI=1S/C18H18N6O3/c25-18(20-23-13-19-14-5-1-2-6-15(14)23)22-11-9-21(10-12-22)16-7-3-4-8-17(16)24(26)27/h1-8,13H,9-12H2,(H,20,25). The molecule has 2 heterocycles. The lowest BCUT2D eigenvalue weighted by molar-refractivity contribution is -0.384. The van der Waals surface area contributed by atoms with E-state index in [1.54, 1.807) is 34.1 Å². The number of para-hydroxylation sites is 4. The molecule has 27 heavy (non-hydrogen) atoms. The Morgan fingerprint density at radius 2 is 1.74 bits per heavy atom. The predicted octanol–water partition coefficient (Wildman–Crippen LogP) is 2.43. The Bertz CT molecular complexity index is 993. The van der Waals surface area contributed by atoms with Crippen LogP contribution in [-0.2, 0) is 0 Å². The van der Waals surface area contributed by atoms with Gasteiger partial charge in [0.25, 0.3) is 5.69 Å². The third kappa shape index (κ3) is 3.26. The molecule has 0 aliphatic carbocycles. The van der Waals surface area contributed by atoms with Crippen molar-refractivity contribution in [1.82, 2.24) is 14.6 Å². The smallest absolute Gasteiger partial charge is 0.336 e. The first kappa shape index (κ1) is 16.8. The Balaban J connectivity index is 1.42. The lowest BCUT2D eigenvalue weighted by atomic mass is 10.2. The zero-order valence-corrected chi connectivity index (χ0v) is 14.5. The Hall–Kier alpha value is -3.62. The summed E-state index contributed by atoms with van der Waals surface area (Å²) in [5.41, 5.74) is 5.13. The molecule has 2 aromatic carbocycles. The summed E-state index contributed by atoms with van der Waals surface area (Å²) in [5, 5.41) is 11.2. The zero-order valence-electron chi connectivity index (χ0n) is 14.5. The van der Waals surface area contributed by atoms with Gasteiger partial charge in [-0.3, -0.25) is 10.1 Å². The Morgan fingerprint density at radius 3 is 2.52 bits per heavy atom. The van der Waals surface area contributed by atoms with Crippen molar-refractivity contribution in [3.05, 3.63) is 65.0 Å². The molecule has 9 heteroatoms. The fraction of sp³-hybridized carbons (Fsp3) is 0.222. The number of imidazole rings is 1. The van der Waals surface area contributed by atoms with Gasteiger partial charge in [0.05, 0.1) is 16.0 Å². The number of piperazine rings is 1. The van der Waals surface area contributed by atoms with Gasteiger partial charge >= 0.3 is 6.03 Å². The first-order valence-corrected chi connectivity index (χ1v) is 8.60. The van der Waals surface area contributed by atoms with Crippen molar-refractivity contribution < 1.29 is 9.72 Å². The SMILES string of the molecule is O=C(Nn1cnc2ccccc21)N1CCN(c2ccccc2[N+](=O)[O-])CC1. The normalized spacial score (nSPS) is 14.4. The highest BCUT2D eigenvalue weighted by molar-refractivity contribution is 5.85. The molecule has 2 amide bonds. The van der Waals surface area contributed by atoms with Crippen LogP contribution in [0.5, 0.6) is 0 Å². The van der Waals surface area contributed by atoms with E-state index >= 15 is 0 Å². The van der Waals surface area contributed by atoms with Crippen molar-refractivity contribution in [3.8, 4) is 0 Å². The molecule has 0 atom stereocenters. The summed E-state index contributed by atoms with van der Waals surface area (Å²) in [5.74, 6) is 0. The molecule has 0 unspecified atom stereocenters. The molecule has 3 aromatic rings. The van der Waals surface area contributed by atoms with Crippen LogP contribution in [0.25, 0.3) is 11.0 Å². The third-order valence-corrected chi connectivity index (χ3v) is 4.66. The van der Waals surface area contributed by atoms with Crippen molar-refractivity contribution in [2.75, 3.05) is 36.5 Å². The Morgan fingerprint density at radius 1 is 1.04 bits per heavy atom. The van der Waals surface area contributed by atoms with Gasteiger partial charge in [-0.15, -0.1) is 0 Å². The average molecular weight is 366 g/mol. The van der Waals surface area contributed by atoms with Crippen molar-refractivity contribution in [1.29, 1.82) is 0 Å². The van der Waals surface area contributed by atoms with Crippen LogP contribution in [0.2, 0.25) is 0 Å².